The molecule has 1 spiro atoms. The first kappa shape index (κ1) is 33.3. The average molecular weight is 802 g/mol. The van der Waals surface area contributed by atoms with Crippen molar-refractivity contribution in [1.82, 2.24) is 15.0 Å². The lowest BCUT2D eigenvalue weighted by molar-refractivity contribution is 0.668. The first-order valence-corrected chi connectivity index (χ1v) is 21.4. The second-order valence-corrected chi connectivity index (χ2v) is 16.9. The molecule has 3 heterocycles. The van der Waals surface area contributed by atoms with Crippen LogP contribution >= 0.6 is 0 Å². The van der Waals surface area contributed by atoms with Crippen molar-refractivity contribution >= 4 is 65.4 Å². The maximum absolute atomic E-state index is 7.52. The van der Waals surface area contributed by atoms with E-state index in [0.29, 0.717) is 17.5 Å². The number of nitrogens with zero attached hydrogens (tertiary/aromatic N) is 3. The minimum Gasteiger partial charge on any atom is -0.456 e. The molecule has 0 unspecified atom stereocenters. The molecule has 0 bridgehead atoms. The van der Waals surface area contributed by atoms with Gasteiger partial charge in [0, 0.05) is 38.2 Å². The van der Waals surface area contributed by atoms with E-state index in [0.717, 1.165) is 71.5 Å². The van der Waals surface area contributed by atoms with Crippen molar-refractivity contribution in [1.29, 1.82) is 0 Å². The van der Waals surface area contributed by atoms with Crippen molar-refractivity contribution in [3.63, 3.8) is 0 Å². The third-order valence-electron chi connectivity index (χ3n) is 13.9. The van der Waals surface area contributed by atoms with E-state index < -0.39 is 5.41 Å². The van der Waals surface area contributed by atoms with Gasteiger partial charge in [-0.15, -0.1) is 0 Å². The molecule has 0 radical (unpaired) electrons. The zero-order valence-electron chi connectivity index (χ0n) is 33.6. The maximum Gasteiger partial charge on any atom is 0.167 e. The van der Waals surface area contributed by atoms with Gasteiger partial charge in [0.15, 0.2) is 17.5 Å². The monoisotopic (exact) mass is 801 g/mol. The Morgan fingerprint density at radius 2 is 0.873 bits per heavy atom. The van der Waals surface area contributed by atoms with E-state index in [1.54, 1.807) is 0 Å². The second kappa shape index (κ2) is 11.9. The van der Waals surface area contributed by atoms with Crippen molar-refractivity contribution in [3.05, 3.63) is 210 Å². The molecule has 290 valence electrons. The SMILES string of the molecule is c1ccc(-c2nc(-c3ccc4c(c3)oc3ccccc34)nc(-c3ccc4c5ccccc5c5cc6c(c7oc3c4c75)-c3ccccc3C63c4ccccc4-c4ccccc43)n2)cc1. The van der Waals surface area contributed by atoms with Gasteiger partial charge in [0.2, 0.25) is 0 Å². The molecule has 0 fully saturated rings. The molecule has 0 aliphatic heterocycles. The van der Waals surface area contributed by atoms with Crippen molar-refractivity contribution < 1.29 is 8.83 Å². The second-order valence-electron chi connectivity index (χ2n) is 16.9. The topological polar surface area (TPSA) is 65.0 Å². The Morgan fingerprint density at radius 3 is 1.63 bits per heavy atom. The van der Waals surface area contributed by atoms with Gasteiger partial charge in [-0.3, -0.25) is 0 Å². The lowest BCUT2D eigenvalue weighted by Crippen LogP contribution is -2.25. The third kappa shape index (κ3) is 4.19. The third-order valence-corrected chi connectivity index (χ3v) is 13.9. The van der Waals surface area contributed by atoms with Gasteiger partial charge in [-0.2, -0.15) is 0 Å². The predicted molar refractivity (Wildman–Crippen MR) is 253 cm³/mol. The molecule has 5 nitrogen and oxygen atoms in total. The molecule has 0 atom stereocenters. The number of aromatic nitrogens is 3. The Hall–Kier alpha value is -8.41. The molecular formula is C58H31N3O2. The Balaban J connectivity index is 1.05. The van der Waals surface area contributed by atoms with Crippen molar-refractivity contribution in [3.8, 4) is 56.4 Å². The Bertz CT molecular complexity index is 4060. The summed E-state index contributed by atoms with van der Waals surface area (Å²) in [5.41, 5.74) is 15.3. The summed E-state index contributed by atoms with van der Waals surface area (Å²) >= 11 is 0. The van der Waals surface area contributed by atoms with Crippen LogP contribution in [0.5, 0.6) is 0 Å². The van der Waals surface area contributed by atoms with Crippen LogP contribution in [0, 0.1) is 0 Å². The fraction of sp³-hybridized carbons (Fsp3) is 0.0172. The molecule has 13 aromatic rings. The van der Waals surface area contributed by atoms with Crippen LogP contribution < -0.4 is 0 Å². The first-order valence-electron chi connectivity index (χ1n) is 21.4. The van der Waals surface area contributed by atoms with Gasteiger partial charge >= 0.3 is 0 Å². The Kier molecular flexibility index (Phi) is 6.30. The number of para-hydroxylation sites is 1. The molecule has 2 aliphatic carbocycles. The average Bonchev–Trinajstić information content (AvgIpc) is 4.09. The molecule has 0 saturated carbocycles. The van der Waals surface area contributed by atoms with Crippen LogP contribution in [-0.4, -0.2) is 15.0 Å². The normalized spacial score (nSPS) is 13.5. The summed E-state index contributed by atoms with van der Waals surface area (Å²) in [6.45, 7) is 0. The van der Waals surface area contributed by atoms with Crippen molar-refractivity contribution in [2.45, 2.75) is 5.41 Å². The Labute approximate surface area is 359 Å². The lowest BCUT2D eigenvalue weighted by atomic mass is 9.70. The highest BCUT2D eigenvalue weighted by Gasteiger charge is 2.52. The summed E-state index contributed by atoms with van der Waals surface area (Å²) in [4.78, 5) is 15.6. The van der Waals surface area contributed by atoms with Gasteiger partial charge in [0.05, 0.1) is 11.0 Å². The summed E-state index contributed by atoms with van der Waals surface area (Å²) in [6, 6.07) is 67.0. The summed E-state index contributed by atoms with van der Waals surface area (Å²) < 4.78 is 13.9. The molecule has 0 amide bonds. The minimum atomic E-state index is -0.518. The fourth-order valence-electron chi connectivity index (χ4n) is 11.4. The van der Waals surface area contributed by atoms with Crippen LogP contribution in [0.4, 0.5) is 0 Å². The molecular weight excluding hydrogens is 771 g/mol. The summed E-state index contributed by atoms with van der Waals surface area (Å²) in [7, 11) is 0. The van der Waals surface area contributed by atoms with E-state index in [-0.39, 0.29) is 0 Å². The number of hydrogen-bond donors (Lipinski definition) is 0. The van der Waals surface area contributed by atoms with Gasteiger partial charge < -0.3 is 8.83 Å². The molecule has 10 aromatic carbocycles. The molecule has 0 N–H and O–H groups in total. The smallest absolute Gasteiger partial charge is 0.167 e. The van der Waals surface area contributed by atoms with E-state index in [9.17, 15) is 0 Å². The highest BCUT2D eigenvalue weighted by atomic mass is 16.3. The Morgan fingerprint density at radius 1 is 0.317 bits per heavy atom. The van der Waals surface area contributed by atoms with Gasteiger partial charge in [-0.1, -0.05) is 158 Å². The van der Waals surface area contributed by atoms with E-state index in [1.165, 1.54) is 55.1 Å². The van der Waals surface area contributed by atoms with Crippen LogP contribution in [0.1, 0.15) is 22.3 Å². The van der Waals surface area contributed by atoms with Crippen LogP contribution in [-0.2, 0) is 5.41 Å². The van der Waals surface area contributed by atoms with Gasteiger partial charge in [-0.25, -0.2) is 15.0 Å². The van der Waals surface area contributed by atoms with E-state index in [2.05, 4.69) is 133 Å². The molecule has 63 heavy (non-hydrogen) atoms. The highest BCUT2D eigenvalue weighted by Crippen LogP contribution is 2.65. The maximum atomic E-state index is 7.52. The van der Waals surface area contributed by atoms with Crippen LogP contribution in [0.25, 0.3) is 122 Å². The largest absolute Gasteiger partial charge is 0.456 e. The van der Waals surface area contributed by atoms with Crippen LogP contribution in [0.15, 0.2) is 197 Å². The molecule has 5 heteroatoms. The molecule has 2 aliphatic rings. The zero-order chi connectivity index (χ0) is 41.0. The fourth-order valence-corrected chi connectivity index (χ4v) is 11.4. The number of hydrogen-bond acceptors (Lipinski definition) is 5. The highest BCUT2D eigenvalue weighted by molar-refractivity contribution is 6.36. The van der Waals surface area contributed by atoms with Gasteiger partial charge in [0.25, 0.3) is 0 Å². The van der Waals surface area contributed by atoms with Crippen molar-refractivity contribution in [2.75, 3.05) is 0 Å². The minimum absolute atomic E-state index is 0.518. The first-order chi connectivity index (χ1) is 31.2. The van der Waals surface area contributed by atoms with Crippen LogP contribution in [0.2, 0.25) is 0 Å². The summed E-state index contributed by atoms with van der Waals surface area (Å²) in [6.07, 6.45) is 0. The van der Waals surface area contributed by atoms with E-state index in [1.807, 2.05) is 54.6 Å². The molecule has 15 rings (SSSR count). The molecule has 0 saturated heterocycles. The van der Waals surface area contributed by atoms with Crippen LogP contribution in [0.3, 0.4) is 0 Å². The number of fused-ring (bicyclic) bond motifs is 17. The van der Waals surface area contributed by atoms with E-state index >= 15 is 0 Å². The van der Waals surface area contributed by atoms with Gasteiger partial charge in [-0.05, 0) is 90.8 Å². The zero-order valence-corrected chi connectivity index (χ0v) is 33.6. The van der Waals surface area contributed by atoms with Crippen molar-refractivity contribution in [2.24, 2.45) is 0 Å². The lowest BCUT2D eigenvalue weighted by Gasteiger charge is -2.30. The number of furan rings is 2. The number of benzene rings is 10. The summed E-state index contributed by atoms with van der Waals surface area (Å²) in [5, 5.41) is 9.04. The standard InChI is InChI=1S/C58H31N3O2/c1-2-14-32(15-3-1)55-59-56(33-26-27-39-38-20-9-13-25-48(38)62-49(39)30-33)61-57(60-55)42-29-28-40-34-16-4-5-17-35(34)43-31-47-50(54-52(43)51(40)53(42)63-54)41-21-8-12-24-46(41)58(47)44-22-10-6-18-36(44)37-19-7-11-23-45(37)58/h1-31H. The summed E-state index contributed by atoms with van der Waals surface area (Å²) in [5.74, 6) is 1.69. The van der Waals surface area contributed by atoms with Gasteiger partial charge in [0.1, 0.15) is 22.3 Å². The predicted octanol–water partition coefficient (Wildman–Crippen LogP) is 14.8. The quantitative estimate of drug-likeness (QED) is 0.167. The van der Waals surface area contributed by atoms with E-state index in [4.69, 9.17) is 23.8 Å². The molecule has 3 aromatic heterocycles. The number of rotatable bonds is 3.